The Labute approximate surface area is 123 Å². The van der Waals surface area contributed by atoms with Crippen LogP contribution in [-0.2, 0) is 13.6 Å². The predicted octanol–water partition coefficient (Wildman–Crippen LogP) is 4.06. The maximum atomic E-state index is 13.1. The highest BCUT2D eigenvalue weighted by molar-refractivity contribution is 9.10. The van der Waals surface area contributed by atoms with Gasteiger partial charge in [0.2, 0.25) is 0 Å². The smallest absolute Gasteiger partial charge is 0.125 e. The highest BCUT2D eigenvalue weighted by Gasteiger charge is 2.09. The van der Waals surface area contributed by atoms with Crippen LogP contribution in [0.25, 0.3) is 0 Å². The van der Waals surface area contributed by atoms with Crippen molar-refractivity contribution in [3.8, 4) is 6.07 Å². The molecule has 0 fully saturated rings. The van der Waals surface area contributed by atoms with Crippen molar-refractivity contribution in [1.82, 2.24) is 4.57 Å². The molecule has 0 unspecified atom stereocenters. The number of anilines is 1. The third kappa shape index (κ3) is 3.09. The van der Waals surface area contributed by atoms with E-state index in [1.807, 2.05) is 13.2 Å². The van der Waals surface area contributed by atoms with Crippen LogP contribution >= 0.6 is 27.5 Å². The third-order valence-corrected chi connectivity index (χ3v) is 3.58. The molecule has 1 N–H and O–H groups in total. The standard InChI is InChI=1S/C13H10BrClFN3/c1-19-7-8(2-10(19)5-17)6-18-13-11(14)3-9(16)4-12(13)15/h2-4,7,18H,6H2,1H3. The lowest BCUT2D eigenvalue weighted by Crippen LogP contribution is -2.00. The SMILES string of the molecule is Cn1cc(CNc2c(Cl)cc(F)cc2Br)cc1C#N. The van der Waals surface area contributed by atoms with E-state index in [9.17, 15) is 4.39 Å². The molecular weight excluding hydrogens is 333 g/mol. The van der Waals surface area contributed by atoms with E-state index < -0.39 is 5.82 Å². The van der Waals surface area contributed by atoms with Crippen LogP contribution < -0.4 is 5.32 Å². The van der Waals surface area contributed by atoms with Gasteiger partial charge < -0.3 is 9.88 Å². The fourth-order valence-corrected chi connectivity index (χ4v) is 2.70. The summed E-state index contributed by atoms with van der Waals surface area (Å²) in [4.78, 5) is 0. The fourth-order valence-electron chi connectivity index (χ4n) is 1.74. The summed E-state index contributed by atoms with van der Waals surface area (Å²) in [7, 11) is 1.81. The van der Waals surface area contributed by atoms with Gasteiger partial charge in [0, 0.05) is 24.3 Å². The summed E-state index contributed by atoms with van der Waals surface area (Å²) in [5.74, 6) is -0.395. The zero-order chi connectivity index (χ0) is 14.0. The molecule has 0 atom stereocenters. The quantitative estimate of drug-likeness (QED) is 0.913. The number of nitrogens with zero attached hydrogens (tertiary/aromatic N) is 2. The normalized spacial score (nSPS) is 10.3. The lowest BCUT2D eigenvalue weighted by Gasteiger charge is -2.09. The Hall–Kier alpha value is -1.51. The van der Waals surface area contributed by atoms with Gasteiger partial charge in [-0.15, -0.1) is 0 Å². The molecule has 0 saturated heterocycles. The van der Waals surface area contributed by atoms with Crippen molar-refractivity contribution in [3.05, 3.63) is 51.0 Å². The van der Waals surface area contributed by atoms with E-state index in [-0.39, 0.29) is 0 Å². The second-order valence-electron chi connectivity index (χ2n) is 4.05. The summed E-state index contributed by atoms with van der Waals surface area (Å²) in [5.41, 5.74) is 2.16. The first-order valence-electron chi connectivity index (χ1n) is 5.45. The molecule has 0 aliphatic carbocycles. The van der Waals surface area contributed by atoms with Crippen LogP contribution in [0, 0.1) is 17.1 Å². The minimum atomic E-state index is -0.395. The number of aryl methyl sites for hydroxylation is 1. The summed E-state index contributed by atoms with van der Waals surface area (Å²) in [6.45, 7) is 0.499. The van der Waals surface area contributed by atoms with Gasteiger partial charge in [-0.3, -0.25) is 0 Å². The number of nitrogens with one attached hydrogen (secondary N) is 1. The Balaban J connectivity index is 2.17. The first kappa shape index (κ1) is 13.9. The monoisotopic (exact) mass is 341 g/mol. The van der Waals surface area contributed by atoms with Crippen molar-refractivity contribution in [1.29, 1.82) is 5.26 Å². The van der Waals surface area contributed by atoms with Crippen LogP contribution in [0.3, 0.4) is 0 Å². The molecule has 3 nitrogen and oxygen atoms in total. The van der Waals surface area contributed by atoms with Crippen molar-refractivity contribution in [3.63, 3.8) is 0 Å². The first-order valence-corrected chi connectivity index (χ1v) is 6.62. The van der Waals surface area contributed by atoms with Crippen LogP contribution in [0.15, 0.2) is 28.9 Å². The lowest BCUT2D eigenvalue weighted by atomic mass is 10.2. The van der Waals surface area contributed by atoms with Gasteiger partial charge in [-0.1, -0.05) is 11.6 Å². The zero-order valence-electron chi connectivity index (χ0n) is 10.0. The average molecular weight is 343 g/mol. The van der Waals surface area contributed by atoms with E-state index in [0.29, 0.717) is 27.4 Å². The third-order valence-electron chi connectivity index (χ3n) is 2.65. The molecule has 0 saturated carbocycles. The zero-order valence-corrected chi connectivity index (χ0v) is 12.4. The number of aromatic nitrogens is 1. The van der Waals surface area contributed by atoms with Crippen LogP contribution in [0.2, 0.25) is 5.02 Å². The average Bonchev–Trinajstić information content (AvgIpc) is 2.68. The minimum Gasteiger partial charge on any atom is -0.379 e. The number of benzene rings is 1. The second kappa shape index (κ2) is 5.64. The van der Waals surface area contributed by atoms with Crippen molar-refractivity contribution in [2.24, 2.45) is 7.05 Å². The van der Waals surface area contributed by atoms with Gasteiger partial charge in [0.1, 0.15) is 17.6 Å². The van der Waals surface area contributed by atoms with Gasteiger partial charge in [0.15, 0.2) is 0 Å². The molecule has 2 aromatic rings. The molecule has 98 valence electrons. The van der Waals surface area contributed by atoms with Crippen molar-refractivity contribution in [2.75, 3.05) is 5.32 Å². The topological polar surface area (TPSA) is 40.8 Å². The Bertz CT molecular complexity index is 637. The Morgan fingerprint density at radius 1 is 1.47 bits per heavy atom. The minimum absolute atomic E-state index is 0.309. The Kier molecular flexibility index (Phi) is 4.13. The van der Waals surface area contributed by atoms with E-state index in [0.717, 1.165) is 5.56 Å². The molecule has 1 aromatic heterocycles. The summed E-state index contributed by atoms with van der Waals surface area (Å²) >= 11 is 9.24. The van der Waals surface area contributed by atoms with Gasteiger partial charge in [-0.2, -0.15) is 5.26 Å². The summed E-state index contributed by atoms with van der Waals surface area (Å²) in [6.07, 6.45) is 1.86. The van der Waals surface area contributed by atoms with E-state index in [1.54, 1.807) is 10.6 Å². The van der Waals surface area contributed by atoms with E-state index in [2.05, 4.69) is 27.3 Å². The molecule has 0 spiro atoms. The van der Waals surface area contributed by atoms with Gasteiger partial charge in [-0.05, 0) is 39.7 Å². The highest BCUT2D eigenvalue weighted by atomic mass is 79.9. The second-order valence-corrected chi connectivity index (χ2v) is 5.32. The molecular formula is C13H10BrClFN3. The van der Waals surface area contributed by atoms with Crippen molar-refractivity contribution in [2.45, 2.75) is 6.54 Å². The van der Waals surface area contributed by atoms with Crippen molar-refractivity contribution >= 4 is 33.2 Å². The molecule has 0 radical (unpaired) electrons. The van der Waals surface area contributed by atoms with E-state index >= 15 is 0 Å². The molecule has 0 amide bonds. The molecule has 0 bridgehead atoms. The Morgan fingerprint density at radius 3 is 2.79 bits per heavy atom. The molecule has 19 heavy (non-hydrogen) atoms. The fraction of sp³-hybridized carbons (Fsp3) is 0.154. The Morgan fingerprint density at radius 2 is 2.21 bits per heavy atom. The van der Waals surface area contributed by atoms with Crippen LogP contribution in [0.5, 0.6) is 0 Å². The highest BCUT2D eigenvalue weighted by Crippen LogP contribution is 2.32. The largest absolute Gasteiger partial charge is 0.379 e. The van der Waals surface area contributed by atoms with Gasteiger partial charge in [0.25, 0.3) is 0 Å². The lowest BCUT2D eigenvalue weighted by molar-refractivity contribution is 0.627. The maximum Gasteiger partial charge on any atom is 0.125 e. The molecule has 1 heterocycles. The molecule has 0 aliphatic rings. The summed E-state index contributed by atoms with van der Waals surface area (Å²) in [5, 5.41) is 12.3. The first-order chi connectivity index (χ1) is 9.01. The van der Waals surface area contributed by atoms with Crippen LogP contribution in [0.4, 0.5) is 10.1 Å². The van der Waals surface area contributed by atoms with Crippen LogP contribution in [0.1, 0.15) is 11.3 Å². The van der Waals surface area contributed by atoms with Gasteiger partial charge >= 0.3 is 0 Å². The van der Waals surface area contributed by atoms with E-state index in [4.69, 9.17) is 16.9 Å². The number of hydrogen-bond acceptors (Lipinski definition) is 2. The van der Waals surface area contributed by atoms with Crippen molar-refractivity contribution < 1.29 is 4.39 Å². The molecule has 2 rings (SSSR count). The summed E-state index contributed by atoms with van der Waals surface area (Å²) < 4.78 is 15.4. The molecule has 1 aromatic carbocycles. The van der Waals surface area contributed by atoms with Crippen LogP contribution in [-0.4, -0.2) is 4.57 Å². The predicted molar refractivity (Wildman–Crippen MR) is 76.6 cm³/mol. The van der Waals surface area contributed by atoms with Gasteiger partial charge in [0.05, 0.1) is 10.7 Å². The van der Waals surface area contributed by atoms with Gasteiger partial charge in [-0.25, -0.2) is 4.39 Å². The van der Waals surface area contributed by atoms with E-state index in [1.165, 1.54) is 12.1 Å². The number of halogens is 3. The number of nitriles is 1. The summed E-state index contributed by atoms with van der Waals surface area (Å²) in [6, 6.07) is 6.48. The number of hydrogen-bond donors (Lipinski definition) is 1. The number of rotatable bonds is 3. The maximum absolute atomic E-state index is 13.1. The molecule has 0 aliphatic heterocycles. The molecule has 6 heteroatoms.